The fourth-order valence-electron chi connectivity index (χ4n) is 3.66. The minimum atomic E-state index is -0.592. The summed E-state index contributed by atoms with van der Waals surface area (Å²) in [6.07, 6.45) is 4.90. The van der Waals surface area contributed by atoms with Crippen LogP contribution in [0.2, 0.25) is 5.02 Å². The van der Waals surface area contributed by atoms with Crippen LogP contribution in [0, 0.1) is 5.92 Å². The summed E-state index contributed by atoms with van der Waals surface area (Å²) in [5.74, 6) is -0.143. The lowest BCUT2D eigenvalue weighted by Gasteiger charge is -2.35. The third kappa shape index (κ3) is 2.62. The Balaban J connectivity index is 1.64. The first-order chi connectivity index (χ1) is 11.5. The number of H-pyrrole nitrogens is 1. The van der Waals surface area contributed by atoms with Crippen LogP contribution in [0.25, 0.3) is 10.9 Å². The number of pyridine rings is 1. The molecule has 0 spiro atoms. The Hall–Kier alpha value is -1.85. The van der Waals surface area contributed by atoms with Crippen LogP contribution in [0.1, 0.15) is 36.0 Å². The minimum absolute atomic E-state index is 0.119. The van der Waals surface area contributed by atoms with E-state index in [2.05, 4.69) is 4.98 Å². The van der Waals surface area contributed by atoms with Crippen molar-refractivity contribution in [2.75, 3.05) is 13.1 Å². The van der Waals surface area contributed by atoms with Gasteiger partial charge in [-0.3, -0.25) is 9.59 Å². The number of benzene rings is 1. The number of hydrogen-bond donors (Lipinski definition) is 2. The molecule has 1 saturated carbocycles. The largest absolute Gasteiger partial charge is 0.390 e. The third-order valence-corrected chi connectivity index (χ3v) is 5.54. The van der Waals surface area contributed by atoms with E-state index in [1.807, 2.05) is 0 Å². The van der Waals surface area contributed by atoms with E-state index in [1.54, 1.807) is 23.1 Å². The van der Waals surface area contributed by atoms with E-state index < -0.39 is 5.60 Å². The highest BCUT2D eigenvalue weighted by Gasteiger charge is 2.49. The maximum atomic E-state index is 12.8. The van der Waals surface area contributed by atoms with Crippen molar-refractivity contribution >= 4 is 28.4 Å². The molecule has 1 amide bonds. The zero-order valence-corrected chi connectivity index (χ0v) is 14.0. The number of amides is 1. The Kier molecular flexibility index (Phi) is 3.66. The molecule has 1 aliphatic heterocycles. The van der Waals surface area contributed by atoms with Crippen molar-refractivity contribution in [3.8, 4) is 0 Å². The van der Waals surface area contributed by atoms with Gasteiger partial charge in [0.25, 0.3) is 5.91 Å². The molecule has 1 aromatic heterocycles. The zero-order chi connectivity index (χ0) is 16.9. The van der Waals surface area contributed by atoms with E-state index in [9.17, 15) is 14.7 Å². The second kappa shape index (κ2) is 5.60. The lowest BCUT2D eigenvalue weighted by Crippen LogP contribution is -2.45. The molecule has 2 N–H and O–H groups in total. The number of aromatic nitrogens is 1. The number of aromatic amines is 1. The predicted molar refractivity (Wildman–Crippen MR) is 92.4 cm³/mol. The fourth-order valence-corrected chi connectivity index (χ4v) is 3.83. The number of piperidine rings is 1. The van der Waals surface area contributed by atoms with Gasteiger partial charge in [-0.25, -0.2) is 0 Å². The van der Waals surface area contributed by atoms with Gasteiger partial charge in [-0.05, 0) is 43.9 Å². The summed E-state index contributed by atoms with van der Waals surface area (Å²) in [7, 11) is 0. The molecule has 1 saturated heterocycles. The number of aliphatic hydroxyl groups is 1. The molecular weight excluding hydrogens is 328 g/mol. The van der Waals surface area contributed by atoms with Crippen molar-refractivity contribution in [1.29, 1.82) is 0 Å². The number of halogens is 1. The molecule has 24 heavy (non-hydrogen) atoms. The summed E-state index contributed by atoms with van der Waals surface area (Å²) in [6.45, 7) is 1.15. The molecule has 4 rings (SSSR count). The van der Waals surface area contributed by atoms with Crippen molar-refractivity contribution < 1.29 is 9.90 Å². The van der Waals surface area contributed by atoms with Crippen LogP contribution in [0.15, 0.2) is 29.2 Å². The molecule has 1 unspecified atom stereocenters. The summed E-state index contributed by atoms with van der Waals surface area (Å²) in [4.78, 5) is 30.2. The number of carbonyl (C=O) groups excluding carboxylic acids is 1. The average Bonchev–Trinajstić information content (AvgIpc) is 3.34. The molecule has 1 aromatic carbocycles. The van der Waals surface area contributed by atoms with Crippen molar-refractivity contribution in [2.24, 2.45) is 5.92 Å². The highest BCUT2D eigenvalue weighted by molar-refractivity contribution is 6.31. The van der Waals surface area contributed by atoms with Crippen LogP contribution in [-0.4, -0.2) is 39.6 Å². The lowest BCUT2D eigenvalue weighted by atomic mass is 9.90. The highest BCUT2D eigenvalue weighted by atomic mass is 35.5. The van der Waals surface area contributed by atoms with Crippen molar-refractivity contribution in [2.45, 2.75) is 31.3 Å². The Morgan fingerprint density at radius 1 is 1.38 bits per heavy atom. The summed E-state index contributed by atoms with van der Waals surface area (Å²) >= 11 is 5.94. The predicted octanol–water partition coefficient (Wildman–Crippen LogP) is 2.56. The summed E-state index contributed by atoms with van der Waals surface area (Å²) < 4.78 is 0. The van der Waals surface area contributed by atoms with Gasteiger partial charge in [0.05, 0.1) is 11.1 Å². The molecule has 2 aliphatic rings. The zero-order valence-electron chi connectivity index (χ0n) is 13.2. The molecular formula is C18H19ClN2O3. The Morgan fingerprint density at radius 2 is 2.17 bits per heavy atom. The van der Waals surface area contributed by atoms with Crippen molar-refractivity contribution in [3.05, 3.63) is 45.2 Å². The van der Waals surface area contributed by atoms with Crippen LogP contribution in [0.5, 0.6) is 0 Å². The van der Waals surface area contributed by atoms with Gasteiger partial charge >= 0.3 is 0 Å². The minimum Gasteiger partial charge on any atom is -0.390 e. The highest BCUT2D eigenvalue weighted by Crippen LogP contribution is 2.45. The molecule has 1 aliphatic carbocycles. The Morgan fingerprint density at radius 3 is 2.92 bits per heavy atom. The molecule has 0 bridgehead atoms. The molecule has 1 atom stereocenters. The fraction of sp³-hybridized carbons (Fsp3) is 0.444. The Bertz CT molecular complexity index is 872. The van der Waals surface area contributed by atoms with Crippen LogP contribution in [0.4, 0.5) is 0 Å². The standard InChI is InChI=1S/C18H19ClN2O3/c19-12-3-4-13-15(8-12)20-9-14(16(13)22)17(23)21-7-1-2-11(10-21)18(24)5-6-18/h3-4,8-9,11,24H,1-2,5-7,10H2,(H,20,22). The van der Waals surface area contributed by atoms with E-state index in [-0.39, 0.29) is 22.8 Å². The smallest absolute Gasteiger partial charge is 0.259 e. The maximum absolute atomic E-state index is 12.8. The summed E-state index contributed by atoms with van der Waals surface area (Å²) in [6, 6.07) is 4.96. The maximum Gasteiger partial charge on any atom is 0.259 e. The van der Waals surface area contributed by atoms with Crippen LogP contribution in [0.3, 0.4) is 0 Å². The van der Waals surface area contributed by atoms with Gasteiger partial charge in [0.15, 0.2) is 0 Å². The molecule has 2 aromatic rings. The van der Waals surface area contributed by atoms with E-state index in [1.165, 1.54) is 6.20 Å². The molecule has 5 nitrogen and oxygen atoms in total. The number of hydrogen-bond acceptors (Lipinski definition) is 3. The number of rotatable bonds is 2. The normalized spacial score (nSPS) is 22.6. The van der Waals surface area contributed by atoms with Crippen LogP contribution in [-0.2, 0) is 0 Å². The second-order valence-corrected chi connectivity index (χ2v) is 7.35. The van der Waals surface area contributed by atoms with Gasteiger partial charge in [0.1, 0.15) is 5.56 Å². The van der Waals surface area contributed by atoms with Gasteiger partial charge in [-0.2, -0.15) is 0 Å². The van der Waals surface area contributed by atoms with Gasteiger partial charge in [0, 0.05) is 35.6 Å². The molecule has 2 fully saturated rings. The number of fused-ring (bicyclic) bond motifs is 1. The first-order valence-electron chi connectivity index (χ1n) is 8.30. The number of carbonyl (C=O) groups is 1. The van der Waals surface area contributed by atoms with Crippen LogP contribution >= 0.6 is 11.6 Å². The van der Waals surface area contributed by atoms with E-state index in [4.69, 9.17) is 11.6 Å². The SMILES string of the molecule is O=C(c1c[nH]c2cc(Cl)ccc2c1=O)N1CCCC(C2(O)CC2)C1. The second-order valence-electron chi connectivity index (χ2n) is 6.92. The molecule has 2 heterocycles. The number of nitrogens with one attached hydrogen (secondary N) is 1. The first-order valence-corrected chi connectivity index (χ1v) is 8.68. The lowest BCUT2D eigenvalue weighted by molar-refractivity contribution is 0.0281. The van der Waals surface area contributed by atoms with Gasteiger partial charge < -0.3 is 15.0 Å². The number of likely N-dealkylation sites (tertiary alicyclic amines) is 1. The molecule has 0 radical (unpaired) electrons. The quantitative estimate of drug-likeness (QED) is 0.877. The topological polar surface area (TPSA) is 73.4 Å². The summed E-state index contributed by atoms with van der Waals surface area (Å²) in [5.41, 5.74) is -0.107. The number of nitrogens with zero attached hydrogens (tertiary/aromatic N) is 1. The van der Waals surface area contributed by atoms with Crippen molar-refractivity contribution in [1.82, 2.24) is 9.88 Å². The van der Waals surface area contributed by atoms with E-state index in [0.29, 0.717) is 29.0 Å². The monoisotopic (exact) mass is 346 g/mol. The molecule has 6 heteroatoms. The first kappa shape index (κ1) is 15.7. The molecule has 126 valence electrons. The van der Waals surface area contributed by atoms with Crippen molar-refractivity contribution in [3.63, 3.8) is 0 Å². The van der Waals surface area contributed by atoms with Gasteiger partial charge in [0.2, 0.25) is 5.43 Å². The van der Waals surface area contributed by atoms with E-state index >= 15 is 0 Å². The average molecular weight is 347 g/mol. The Labute approximate surface area is 144 Å². The van der Waals surface area contributed by atoms with Crippen LogP contribution < -0.4 is 5.43 Å². The third-order valence-electron chi connectivity index (χ3n) is 5.30. The van der Waals surface area contributed by atoms with Gasteiger partial charge in [-0.15, -0.1) is 0 Å². The summed E-state index contributed by atoms with van der Waals surface area (Å²) in [5, 5.41) is 11.3. The van der Waals surface area contributed by atoms with Gasteiger partial charge in [-0.1, -0.05) is 11.6 Å². The van der Waals surface area contributed by atoms with E-state index in [0.717, 1.165) is 25.7 Å².